The molecule has 4 rings (SSSR count). The molecule has 3 heterocycles. The molecule has 0 saturated carbocycles. The summed E-state index contributed by atoms with van der Waals surface area (Å²) in [6.45, 7) is 6.54. The average Bonchev–Trinajstić information content (AvgIpc) is 2.85. The standard InChI is InChI=1S/C25H22ClF2N6O2P/c1-13(17-7-15(9-29)5-6-18(17)27)33-24-21(26)14(2)32-20-8-19(28)22(34-23(20)24)16-10-30-25(31-11-16)36-12-37(3,4)35/h5-8,10-11,13H,12H2,1-4H3,(H,32,33)/t13-/m1/s1. The van der Waals surface area contributed by atoms with E-state index in [9.17, 15) is 14.2 Å². The summed E-state index contributed by atoms with van der Waals surface area (Å²) < 4.78 is 46.8. The normalized spacial score (nSPS) is 12.3. The first-order valence-corrected chi connectivity index (χ1v) is 14.2. The van der Waals surface area contributed by atoms with Crippen LogP contribution < -0.4 is 10.1 Å². The first-order chi connectivity index (χ1) is 17.5. The number of rotatable bonds is 7. The number of hydrogen-bond acceptors (Lipinski definition) is 8. The second-order valence-corrected chi connectivity index (χ2v) is 12.7. The van der Waals surface area contributed by atoms with Gasteiger partial charge in [-0.1, -0.05) is 11.6 Å². The topological polar surface area (TPSA) is 114 Å². The smallest absolute Gasteiger partial charge is 0.316 e. The van der Waals surface area contributed by atoms with Gasteiger partial charge in [0, 0.05) is 29.6 Å². The predicted molar refractivity (Wildman–Crippen MR) is 138 cm³/mol. The molecule has 0 aliphatic heterocycles. The van der Waals surface area contributed by atoms with Crippen LogP contribution in [0.5, 0.6) is 6.01 Å². The third kappa shape index (κ3) is 5.85. The number of halogens is 3. The van der Waals surface area contributed by atoms with Gasteiger partial charge >= 0.3 is 6.01 Å². The molecule has 0 bridgehead atoms. The van der Waals surface area contributed by atoms with Crippen LogP contribution >= 0.6 is 18.7 Å². The van der Waals surface area contributed by atoms with E-state index in [2.05, 4.69) is 25.3 Å². The first-order valence-electron chi connectivity index (χ1n) is 11.1. The SMILES string of the molecule is Cc1nc2cc(F)c(-c3cnc(OCP(C)(C)=O)nc3)nc2c(N[C@H](C)c2cc(C#N)ccc2F)c1Cl. The summed E-state index contributed by atoms with van der Waals surface area (Å²) in [6, 6.07) is 6.68. The second kappa shape index (κ2) is 10.4. The number of nitrogens with zero attached hydrogens (tertiary/aromatic N) is 5. The van der Waals surface area contributed by atoms with Gasteiger partial charge in [0.05, 0.1) is 39.6 Å². The highest BCUT2D eigenvalue weighted by Crippen LogP contribution is 2.37. The van der Waals surface area contributed by atoms with Gasteiger partial charge in [0.1, 0.15) is 30.5 Å². The predicted octanol–water partition coefficient (Wildman–Crippen LogP) is 6.33. The third-order valence-corrected chi connectivity index (χ3v) is 6.59. The Bertz CT molecular complexity index is 1590. The van der Waals surface area contributed by atoms with Gasteiger partial charge in [0.2, 0.25) is 0 Å². The largest absolute Gasteiger partial charge is 0.456 e. The van der Waals surface area contributed by atoms with Gasteiger partial charge in [-0.15, -0.1) is 0 Å². The Morgan fingerprint density at radius 3 is 2.51 bits per heavy atom. The zero-order valence-electron chi connectivity index (χ0n) is 20.4. The molecule has 12 heteroatoms. The molecule has 4 aromatic rings. The van der Waals surface area contributed by atoms with Crippen molar-refractivity contribution in [1.82, 2.24) is 19.9 Å². The molecule has 1 atom stereocenters. The first kappa shape index (κ1) is 26.4. The van der Waals surface area contributed by atoms with Crippen LogP contribution in [0.4, 0.5) is 14.5 Å². The van der Waals surface area contributed by atoms with Crippen molar-refractivity contribution in [3.05, 3.63) is 70.1 Å². The van der Waals surface area contributed by atoms with Crippen LogP contribution in [0.3, 0.4) is 0 Å². The van der Waals surface area contributed by atoms with Crippen molar-refractivity contribution in [3.8, 4) is 23.3 Å². The molecule has 0 radical (unpaired) electrons. The van der Waals surface area contributed by atoms with Crippen molar-refractivity contribution in [1.29, 1.82) is 5.26 Å². The summed E-state index contributed by atoms with van der Waals surface area (Å²) in [6.07, 6.45) is 2.67. The van der Waals surface area contributed by atoms with Crippen LogP contribution in [-0.2, 0) is 4.57 Å². The van der Waals surface area contributed by atoms with Gasteiger partial charge in [0.15, 0.2) is 5.82 Å². The minimum atomic E-state index is -2.43. The summed E-state index contributed by atoms with van der Waals surface area (Å²) in [5.74, 6) is -1.15. The van der Waals surface area contributed by atoms with Crippen molar-refractivity contribution in [3.63, 3.8) is 0 Å². The maximum atomic E-state index is 15.1. The van der Waals surface area contributed by atoms with Gasteiger partial charge in [-0.2, -0.15) is 5.26 Å². The lowest BCUT2D eigenvalue weighted by molar-refractivity contribution is 0.348. The Hall–Kier alpha value is -3.67. The van der Waals surface area contributed by atoms with E-state index in [1.807, 2.05) is 6.07 Å². The fraction of sp³-hybridized carbons (Fsp3) is 0.240. The fourth-order valence-electron chi connectivity index (χ4n) is 3.56. The Balaban J connectivity index is 1.75. The molecule has 3 aromatic heterocycles. The zero-order chi connectivity index (χ0) is 26.9. The molecule has 0 aliphatic carbocycles. The van der Waals surface area contributed by atoms with Crippen molar-refractivity contribution in [2.45, 2.75) is 19.9 Å². The fourth-order valence-corrected chi connectivity index (χ4v) is 4.18. The molecule has 0 spiro atoms. The van der Waals surface area contributed by atoms with Gasteiger partial charge in [0.25, 0.3) is 0 Å². The van der Waals surface area contributed by atoms with E-state index in [4.69, 9.17) is 16.3 Å². The number of ether oxygens (including phenoxy) is 1. The minimum Gasteiger partial charge on any atom is -0.456 e. The molecule has 1 N–H and O–H groups in total. The maximum absolute atomic E-state index is 15.1. The quantitative estimate of drug-likeness (QED) is 0.269. The number of hydrogen-bond donors (Lipinski definition) is 1. The van der Waals surface area contributed by atoms with E-state index < -0.39 is 24.8 Å². The van der Waals surface area contributed by atoms with Crippen LogP contribution in [0.15, 0.2) is 36.7 Å². The molecule has 8 nitrogen and oxygen atoms in total. The van der Waals surface area contributed by atoms with Gasteiger partial charge in [-0.05, 0) is 45.4 Å². The minimum absolute atomic E-state index is 0.00650. The van der Waals surface area contributed by atoms with Gasteiger partial charge in [-0.3, -0.25) is 0 Å². The van der Waals surface area contributed by atoms with E-state index in [1.165, 1.54) is 36.7 Å². The number of pyridine rings is 2. The molecule has 0 saturated heterocycles. The van der Waals surface area contributed by atoms with Crippen LogP contribution in [0, 0.1) is 29.9 Å². The molecular formula is C25H22ClF2N6O2P. The Morgan fingerprint density at radius 2 is 1.86 bits per heavy atom. The average molecular weight is 543 g/mol. The summed E-state index contributed by atoms with van der Waals surface area (Å²) in [7, 11) is -2.43. The highest BCUT2D eigenvalue weighted by atomic mass is 35.5. The molecule has 0 fully saturated rings. The summed E-state index contributed by atoms with van der Waals surface area (Å²) in [5.41, 5.74) is 2.05. The van der Waals surface area contributed by atoms with E-state index >= 15 is 4.39 Å². The van der Waals surface area contributed by atoms with Crippen molar-refractivity contribution >= 4 is 35.5 Å². The molecule has 1 aromatic carbocycles. The molecule has 0 unspecified atom stereocenters. The number of benzene rings is 1. The Labute approximate surface area is 217 Å². The van der Waals surface area contributed by atoms with Gasteiger partial charge < -0.3 is 14.6 Å². The van der Waals surface area contributed by atoms with Crippen molar-refractivity contribution in [2.75, 3.05) is 25.0 Å². The number of nitrogens with one attached hydrogen (secondary N) is 1. The summed E-state index contributed by atoms with van der Waals surface area (Å²) in [4.78, 5) is 16.9. The van der Waals surface area contributed by atoms with Crippen molar-refractivity contribution in [2.24, 2.45) is 0 Å². The molecule has 190 valence electrons. The van der Waals surface area contributed by atoms with Crippen LogP contribution in [-0.4, -0.2) is 39.6 Å². The zero-order valence-corrected chi connectivity index (χ0v) is 22.0. The summed E-state index contributed by atoms with van der Waals surface area (Å²) >= 11 is 6.56. The third-order valence-electron chi connectivity index (χ3n) is 5.38. The monoisotopic (exact) mass is 542 g/mol. The van der Waals surface area contributed by atoms with E-state index in [1.54, 1.807) is 27.2 Å². The number of aromatic nitrogens is 4. The maximum Gasteiger partial charge on any atom is 0.316 e. The van der Waals surface area contributed by atoms with Crippen LogP contribution in [0.1, 0.15) is 29.8 Å². The van der Waals surface area contributed by atoms with E-state index in [0.717, 1.165) is 0 Å². The number of nitriles is 1. The highest BCUT2D eigenvalue weighted by molar-refractivity contribution is 7.62. The van der Waals surface area contributed by atoms with E-state index in [-0.39, 0.29) is 45.2 Å². The number of aryl methyl sites for hydroxylation is 1. The highest BCUT2D eigenvalue weighted by Gasteiger charge is 2.21. The number of anilines is 1. The molecule has 0 amide bonds. The Morgan fingerprint density at radius 1 is 1.16 bits per heavy atom. The Kier molecular flexibility index (Phi) is 7.39. The van der Waals surface area contributed by atoms with Crippen molar-refractivity contribution < 1.29 is 18.1 Å². The van der Waals surface area contributed by atoms with E-state index in [0.29, 0.717) is 16.9 Å². The van der Waals surface area contributed by atoms with Gasteiger partial charge in [-0.25, -0.2) is 28.7 Å². The molecule has 0 aliphatic rings. The lowest BCUT2D eigenvalue weighted by Crippen LogP contribution is -2.11. The second-order valence-electron chi connectivity index (χ2n) is 8.89. The van der Waals surface area contributed by atoms with Crippen LogP contribution in [0.25, 0.3) is 22.3 Å². The molecular weight excluding hydrogens is 521 g/mol. The van der Waals surface area contributed by atoms with Crippen LogP contribution in [0.2, 0.25) is 5.02 Å². The molecule has 37 heavy (non-hydrogen) atoms. The summed E-state index contributed by atoms with van der Waals surface area (Å²) in [5, 5.41) is 12.6. The lowest BCUT2D eigenvalue weighted by Gasteiger charge is -2.20. The number of fused-ring (bicyclic) bond motifs is 1. The lowest BCUT2D eigenvalue weighted by atomic mass is 10.0.